The van der Waals surface area contributed by atoms with E-state index >= 15 is 0 Å². The second kappa shape index (κ2) is 5.61. The average Bonchev–Trinajstić information content (AvgIpc) is 3.16. The SMILES string of the molecule is C(#CC1C=CC=C1)c1ccc(C#CC2C=CC=C2)s1. The van der Waals surface area contributed by atoms with Crippen LogP contribution in [0.15, 0.2) is 60.7 Å². The van der Waals surface area contributed by atoms with Crippen molar-refractivity contribution in [3.63, 3.8) is 0 Å². The molecule has 1 aromatic rings. The van der Waals surface area contributed by atoms with Crippen molar-refractivity contribution >= 4 is 11.3 Å². The third-order valence-electron chi connectivity index (χ3n) is 2.83. The Hall–Kier alpha value is -2.22. The van der Waals surface area contributed by atoms with Gasteiger partial charge in [-0.2, -0.15) is 0 Å². The summed E-state index contributed by atoms with van der Waals surface area (Å²) in [6, 6.07) is 4.09. The zero-order valence-corrected chi connectivity index (χ0v) is 11.2. The van der Waals surface area contributed by atoms with Crippen LogP contribution in [0.1, 0.15) is 9.75 Å². The number of hydrogen-bond acceptors (Lipinski definition) is 1. The molecule has 0 atom stereocenters. The highest BCUT2D eigenvalue weighted by Crippen LogP contribution is 2.16. The van der Waals surface area contributed by atoms with Gasteiger partial charge in [0.2, 0.25) is 0 Å². The Bertz CT molecular complexity index is 618. The lowest BCUT2D eigenvalue weighted by atomic mass is 10.2. The van der Waals surface area contributed by atoms with Crippen molar-refractivity contribution in [2.45, 2.75) is 0 Å². The largest absolute Gasteiger partial charge is 0.118 e. The van der Waals surface area contributed by atoms with Crippen molar-refractivity contribution in [1.29, 1.82) is 0 Å². The minimum atomic E-state index is 0.269. The summed E-state index contributed by atoms with van der Waals surface area (Å²) in [5.41, 5.74) is 0. The molecule has 0 radical (unpaired) electrons. The summed E-state index contributed by atoms with van der Waals surface area (Å²) in [5.74, 6) is 13.4. The van der Waals surface area contributed by atoms with E-state index in [0.29, 0.717) is 0 Å². The molecule has 2 aliphatic carbocycles. The van der Waals surface area contributed by atoms with Gasteiger partial charge in [0.25, 0.3) is 0 Å². The van der Waals surface area contributed by atoms with Gasteiger partial charge in [0, 0.05) is 0 Å². The summed E-state index contributed by atoms with van der Waals surface area (Å²) in [6.07, 6.45) is 16.5. The lowest BCUT2D eigenvalue weighted by Gasteiger charge is -1.88. The van der Waals surface area contributed by atoms with Crippen LogP contribution in [0.4, 0.5) is 0 Å². The molecular formula is C18H12S. The monoisotopic (exact) mass is 260 g/mol. The molecule has 0 bridgehead atoms. The van der Waals surface area contributed by atoms with Crippen LogP contribution in [0.25, 0.3) is 0 Å². The minimum absolute atomic E-state index is 0.269. The van der Waals surface area contributed by atoms with Crippen molar-refractivity contribution in [3.05, 3.63) is 70.5 Å². The number of hydrogen-bond donors (Lipinski definition) is 0. The van der Waals surface area contributed by atoms with E-state index in [1.165, 1.54) is 0 Å². The van der Waals surface area contributed by atoms with E-state index in [-0.39, 0.29) is 11.8 Å². The summed E-state index contributed by atoms with van der Waals surface area (Å²) in [6.45, 7) is 0. The van der Waals surface area contributed by atoms with E-state index in [1.54, 1.807) is 11.3 Å². The molecule has 0 saturated heterocycles. The first-order valence-corrected chi connectivity index (χ1v) is 7.05. The van der Waals surface area contributed by atoms with E-state index in [2.05, 4.69) is 48.0 Å². The van der Waals surface area contributed by atoms with Crippen molar-refractivity contribution < 1.29 is 0 Å². The molecule has 0 aromatic carbocycles. The van der Waals surface area contributed by atoms with Crippen LogP contribution < -0.4 is 0 Å². The molecule has 0 spiro atoms. The van der Waals surface area contributed by atoms with Crippen molar-refractivity contribution in [2.24, 2.45) is 11.8 Å². The van der Waals surface area contributed by atoms with E-state index in [9.17, 15) is 0 Å². The predicted octanol–water partition coefficient (Wildman–Crippen LogP) is 3.94. The van der Waals surface area contributed by atoms with Gasteiger partial charge in [-0.15, -0.1) is 11.3 Å². The van der Waals surface area contributed by atoms with Crippen LogP contribution in [0.5, 0.6) is 0 Å². The molecule has 0 aliphatic heterocycles. The smallest absolute Gasteiger partial charge is 0.0782 e. The molecule has 0 N–H and O–H groups in total. The van der Waals surface area contributed by atoms with Crippen LogP contribution in [0.2, 0.25) is 0 Å². The van der Waals surface area contributed by atoms with E-state index in [0.717, 1.165) is 9.75 Å². The maximum absolute atomic E-state index is 3.22. The van der Waals surface area contributed by atoms with Crippen LogP contribution >= 0.6 is 11.3 Å². The van der Waals surface area contributed by atoms with Gasteiger partial charge in [0.05, 0.1) is 21.6 Å². The maximum atomic E-state index is 3.22. The first kappa shape index (κ1) is 11.8. The first-order chi connectivity index (χ1) is 9.40. The number of allylic oxidation sites excluding steroid dienone is 8. The molecule has 1 heteroatoms. The summed E-state index contributed by atoms with van der Waals surface area (Å²) >= 11 is 1.66. The van der Waals surface area contributed by atoms with Gasteiger partial charge in [-0.1, -0.05) is 72.3 Å². The van der Waals surface area contributed by atoms with E-state index in [1.807, 2.05) is 36.4 Å². The van der Waals surface area contributed by atoms with E-state index < -0.39 is 0 Å². The molecule has 90 valence electrons. The molecule has 3 rings (SSSR count). The van der Waals surface area contributed by atoms with Crippen molar-refractivity contribution in [3.8, 4) is 23.7 Å². The normalized spacial score (nSPS) is 16.4. The van der Waals surface area contributed by atoms with Gasteiger partial charge >= 0.3 is 0 Å². The molecule has 1 aromatic heterocycles. The molecule has 1 heterocycles. The van der Waals surface area contributed by atoms with Crippen molar-refractivity contribution in [1.82, 2.24) is 0 Å². The average molecular weight is 260 g/mol. The van der Waals surface area contributed by atoms with Crippen LogP contribution in [-0.2, 0) is 0 Å². The molecule has 0 fully saturated rings. The Kier molecular flexibility index (Phi) is 3.50. The van der Waals surface area contributed by atoms with Gasteiger partial charge < -0.3 is 0 Å². The third kappa shape index (κ3) is 3.16. The minimum Gasteiger partial charge on any atom is -0.118 e. The Balaban J connectivity index is 1.69. The lowest BCUT2D eigenvalue weighted by molar-refractivity contribution is 1.15. The Labute approximate surface area is 117 Å². The quantitative estimate of drug-likeness (QED) is 0.620. The maximum Gasteiger partial charge on any atom is 0.0782 e. The van der Waals surface area contributed by atoms with Gasteiger partial charge in [0.1, 0.15) is 0 Å². The standard InChI is InChI=1S/C18H12S/c1-2-6-15(5-1)9-11-17-13-14-18(19-17)12-10-16-7-3-4-8-16/h1-8,13-16H. The molecule has 0 saturated carbocycles. The predicted molar refractivity (Wildman–Crippen MR) is 81.6 cm³/mol. The Morgan fingerprint density at radius 2 is 1.11 bits per heavy atom. The first-order valence-electron chi connectivity index (χ1n) is 6.23. The molecule has 0 unspecified atom stereocenters. The van der Waals surface area contributed by atoms with Crippen LogP contribution in [0, 0.1) is 35.5 Å². The van der Waals surface area contributed by atoms with Gasteiger partial charge in [-0.3, -0.25) is 0 Å². The second-order valence-electron chi connectivity index (χ2n) is 4.29. The second-order valence-corrected chi connectivity index (χ2v) is 5.38. The fraction of sp³-hybridized carbons (Fsp3) is 0.111. The molecule has 19 heavy (non-hydrogen) atoms. The molecular weight excluding hydrogens is 248 g/mol. The summed E-state index contributed by atoms with van der Waals surface area (Å²) in [7, 11) is 0. The zero-order valence-electron chi connectivity index (χ0n) is 10.3. The lowest BCUT2D eigenvalue weighted by Crippen LogP contribution is -1.80. The fourth-order valence-corrected chi connectivity index (χ4v) is 2.57. The fourth-order valence-electron chi connectivity index (χ4n) is 1.84. The summed E-state index contributed by atoms with van der Waals surface area (Å²) in [5, 5.41) is 0. The summed E-state index contributed by atoms with van der Waals surface area (Å²) < 4.78 is 0. The van der Waals surface area contributed by atoms with Gasteiger partial charge in [-0.05, 0) is 12.1 Å². The highest BCUT2D eigenvalue weighted by Gasteiger charge is 2.00. The molecule has 0 nitrogen and oxygen atoms in total. The molecule has 0 amide bonds. The highest BCUT2D eigenvalue weighted by atomic mass is 32.1. The zero-order chi connectivity index (χ0) is 12.9. The summed E-state index contributed by atoms with van der Waals surface area (Å²) in [4.78, 5) is 2.16. The van der Waals surface area contributed by atoms with E-state index in [4.69, 9.17) is 0 Å². The van der Waals surface area contributed by atoms with Gasteiger partial charge in [0.15, 0.2) is 0 Å². The van der Waals surface area contributed by atoms with Crippen LogP contribution in [-0.4, -0.2) is 0 Å². The Morgan fingerprint density at radius 1 is 0.684 bits per heavy atom. The molecule has 2 aliphatic rings. The topological polar surface area (TPSA) is 0 Å². The highest BCUT2D eigenvalue weighted by molar-refractivity contribution is 7.13. The van der Waals surface area contributed by atoms with Crippen LogP contribution in [0.3, 0.4) is 0 Å². The van der Waals surface area contributed by atoms with Gasteiger partial charge in [-0.25, -0.2) is 0 Å². The third-order valence-corrected chi connectivity index (χ3v) is 3.74. The number of thiophene rings is 1. The number of rotatable bonds is 0. The Morgan fingerprint density at radius 3 is 1.53 bits per heavy atom. The van der Waals surface area contributed by atoms with Crippen molar-refractivity contribution in [2.75, 3.05) is 0 Å².